The Bertz CT molecular complexity index is 1370. The van der Waals surface area contributed by atoms with Crippen LogP contribution < -0.4 is 20.3 Å². The average Bonchev–Trinajstić information content (AvgIpc) is 3.24. The summed E-state index contributed by atoms with van der Waals surface area (Å²) in [6, 6.07) is 13.8. The minimum absolute atomic E-state index is 0.0779. The van der Waals surface area contributed by atoms with E-state index < -0.39 is 0 Å². The predicted octanol–water partition coefficient (Wildman–Crippen LogP) is 3.62. The lowest BCUT2D eigenvalue weighted by atomic mass is 10.1. The number of benzene rings is 2. The van der Waals surface area contributed by atoms with E-state index in [9.17, 15) is 9.59 Å². The largest absolute Gasteiger partial charge is 0.497 e. The van der Waals surface area contributed by atoms with Crippen molar-refractivity contribution in [2.24, 2.45) is 0 Å². The molecule has 2 aromatic carbocycles. The molecule has 4 rings (SSSR count). The Labute approximate surface area is 190 Å². The number of amides is 1. The molecule has 0 aliphatic rings. The number of nitrogens with zero attached hydrogens (tertiary/aromatic N) is 4. The molecule has 1 amide bonds. The van der Waals surface area contributed by atoms with Gasteiger partial charge in [-0.05, 0) is 50.6 Å². The van der Waals surface area contributed by atoms with Crippen LogP contribution in [0.1, 0.15) is 41.5 Å². The van der Waals surface area contributed by atoms with Gasteiger partial charge in [0.1, 0.15) is 24.4 Å². The molecule has 0 radical (unpaired) electrons. The molecule has 0 fully saturated rings. The Morgan fingerprint density at radius 1 is 1.15 bits per heavy atom. The van der Waals surface area contributed by atoms with Crippen LogP contribution in [0.15, 0.2) is 59.7 Å². The van der Waals surface area contributed by atoms with Crippen LogP contribution in [0.2, 0.25) is 0 Å². The summed E-state index contributed by atoms with van der Waals surface area (Å²) in [6.45, 7) is 5.92. The Morgan fingerprint density at radius 2 is 1.97 bits per heavy atom. The Hall–Kier alpha value is -4.14. The number of rotatable bonds is 7. The Kier molecular flexibility index (Phi) is 6.12. The van der Waals surface area contributed by atoms with E-state index in [4.69, 9.17) is 9.47 Å². The zero-order valence-corrected chi connectivity index (χ0v) is 18.9. The maximum atomic E-state index is 12.6. The van der Waals surface area contributed by atoms with E-state index in [0.717, 1.165) is 5.56 Å². The highest BCUT2D eigenvalue weighted by molar-refractivity contribution is 6.04. The molecule has 1 N–H and O–H groups in total. The zero-order chi connectivity index (χ0) is 23.5. The summed E-state index contributed by atoms with van der Waals surface area (Å²) < 4.78 is 14.3. The van der Waals surface area contributed by atoms with E-state index in [1.165, 1.54) is 10.6 Å². The lowest BCUT2D eigenvalue weighted by molar-refractivity contribution is 0.102. The van der Waals surface area contributed by atoms with Crippen molar-refractivity contribution < 1.29 is 14.3 Å². The van der Waals surface area contributed by atoms with Gasteiger partial charge in [0.15, 0.2) is 0 Å². The number of nitrogens with one attached hydrogen (secondary N) is 1. The SMILES string of the molecule is COc1cccc(C(=O)Nc2ccc(C)c(OCc3cc(=O)n4c(ncn4C(C)C)n3)c2)c1. The van der Waals surface area contributed by atoms with Gasteiger partial charge in [0, 0.05) is 29.4 Å². The van der Waals surface area contributed by atoms with Gasteiger partial charge in [0.05, 0.1) is 12.8 Å². The first-order valence-corrected chi connectivity index (χ1v) is 10.5. The van der Waals surface area contributed by atoms with Crippen LogP contribution in [0.25, 0.3) is 5.78 Å². The fraction of sp³-hybridized carbons (Fsp3) is 0.250. The highest BCUT2D eigenvalue weighted by atomic mass is 16.5. The first-order chi connectivity index (χ1) is 15.9. The summed E-state index contributed by atoms with van der Waals surface area (Å²) in [5.74, 6) is 1.25. The number of hydrogen-bond acceptors (Lipinski definition) is 6. The van der Waals surface area contributed by atoms with E-state index in [-0.39, 0.29) is 24.1 Å². The molecule has 0 aliphatic heterocycles. The summed E-state index contributed by atoms with van der Waals surface area (Å²) >= 11 is 0. The highest BCUT2D eigenvalue weighted by Gasteiger charge is 2.12. The number of carbonyl (C=O) groups is 1. The summed E-state index contributed by atoms with van der Waals surface area (Å²) in [7, 11) is 1.55. The van der Waals surface area contributed by atoms with Crippen LogP contribution in [0.4, 0.5) is 5.69 Å². The Balaban J connectivity index is 1.50. The van der Waals surface area contributed by atoms with Crippen LogP contribution in [0, 0.1) is 6.92 Å². The van der Waals surface area contributed by atoms with Gasteiger partial charge >= 0.3 is 0 Å². The molecule has 0 unspecified atom stereocenters. The summed E-state index contributed by atoms with van der Waals surface area (Å²) in [6.07, 6.45) is 1.59. The van der Waals surface area contributed by atoms with Crippen LogP contribution >= 0.6 is 0 Å². The second-order valence-electron chi connectivity index (χ2n) is 7.87. The maximum Gasteiger partial charge on any atom is 0.274 e. The summed E-state index contributed by atoms with van der Waals surface area (Å²) in [4.78, 5) is 33.8. The van der Waals surface area contributed by atoms with Crippen LogP contribution in [-0.4, -0.2) is 32.2 Å². The van der Waals surface area contributed by atoms with Gasteiger partial charge in [-0.3, -0.25) is 14.3 Å². The van der Waals surface area contributed by atoms with Crippen molar-refractivity contribution in [3.05, 3.63) is 82.0 Å². The van der Waals surface area contributed by atoms with Gasteiger partial charge in [0.25, 0.3) is 17.2 Å². The van der Waals surface area contributed by atoms with Crippen molar-refractivity contribution in [1.29, 1.82) is 0 Å². The number of ether oxygens (including phenoxy) is 2. The summed E-state index contributed by atoms with van der Waals surface area (Å²) in [5, 5.41) is 2.87. The molecule has 0 bridgehead atoms. The maximum absolute atomic E-state index is 12.6. The lowest BCUT2D eigenvalue weighted by Gasteiger charge is -2.12. The summed E-state index contributed by atoms with van der Waals surface area (Å²) in [5.41, 5.74) is 2.20. The molecule has 0 spiro atoms. The quantitative estimate of drug-likeness (QED) is 0.465. The normalized spacial score (nSPS) is 11.1. The molecule has 0 aliphatic carbocycles. The number of carbonyl (C=O) groups excluding carboxylic acids is 1. The molecule has 2 heterocycles. The number of anilines is 1. The Morgan fingerprint density at radius 3 is 2.73 bits per heavy atom. The van der Waals surface area contributed by atoms with Gasteiger partial charge < -0.3 is 14.8 Å². The van der Waals surface area contributed by atoms with E-state index >= 15 is 0 Å². The molecule has 170 valence electrons. The minimum atomic E-state index is -0.260. The molecule has 9 heteroatoms. The van der Waals surface area contributed by atoms with Crippen molar-refractivity contribution >= 4 is 17.4 Å². The second-order valence-corrected chi connectivity index (χ2v) is 7.87. The number of fused-ring (bicyclic) bond motifs is 1. The van der Waals surface area contributed by atoms with Crippen molar-refractivity contribution in [1.82, 2.24) is 19.2 Å². The number of aromatic nitrogens is 4. The second kappa shape index (κ2) is 9.15. The highest BCUT2D eigenvalue weighted by Crippen LogP contribution is 2.24. The number of aryl methyl sites for hydroxylation is 1. The molecule has 4 aromatic rings. The van der Waals surface area contributed by atoms with Crippen LogP contribution in [0.5, 0.6) is 11.5 Å². The van der Waals surface area contributed by atoms with Crippen molar-refractivity contribution in [2.75, 3.05) is 12.4 Å². The predicted molar refractivity (Wildman–Crippen MR) is 124 cm³/mol. The van der Waals surface area contributed by atoms with Crippen molar-refractivity contribution in [2.45, 2.75) is 33.4 Å². The van der Waals surface area contributed by atoms with E-state index in [1.54, 1.807) is 54.5 Å². The molecule has 33 heavy (non-hydrogen) atoms. The molecular formula is C24H25N5O4. The number of hydrogen-bond donors (Lipinski definition) is 1. The van der Waals surface area contributed by atoms with Crippen molar-refractivity contribution in [3.63, 3.8) is 0 Å². The van der Waals surface area contributed by atoms with E-state index in [0.29, 0.717) is 34.2 Å². The van der Waals surface area contributed by atoms with Crippen LogP contribution in [0.3, 0.4) is 0 Å². The lowest BCUT2D eigenvalue weighted by Crippen LogP contribution is -2.23. The van der Waals surface area contributed by atoms with Crippen LogP contribution in [-0.2, 0) is 6.61 Å². The first-order valence-electron chi connectivity index (χ1n) is 10.5. The topological polar surface area (TPSA) is 99.7 Å². The van der Waals surface area contributed by atoms with Gasteiger partial charge in [-0.2, -0.15) is 9.50 Å². The van der Waals surface area contributed by atoms with E-state index in [2.05, 4.69) is 15.3 Å². The zero-order valence-electron chi connectivity index (χ0n) is 18.9. The third kappa shape index (κ3) is 4.72. The molecule has 2 aromatic heterocycles. The van der Waals surface area contributed by atoms with Gasteiger partial charge in [-0.15, -0.1) is 0 Å². The molecule has 0 atom stereocenters. The molecule has 9 nitrogen and oxygen atoms in total. The molecule has 0 saturated heterocycles. The minimum Gasteiger partial charge on any atom is -0.497 e. The number of methoxy groups -OCH3 is 1. The molecule has 0 saturated carbocycles. The fourth-order valence-electron chi connectivity index (χ4n) is 3.36. The monoisotopic (exact) mass is 447 g/mol. The first kappa shape index (κ1) is 22.1. The standard InChI is InChI=1S/C24H25N5O4/c1-15(2)28-14-25-24-27-19(12-22(30)29(24)28)13-33-21-11-18(9-8-16(21)3)26-23(31)17-6-5-7-20(10-17)32-4/h5-12,14-15H,13H2,1-4H3,(H,26,31). The average molecular weight is 447 g/mol. The fourth-order valence-corrected chi connectivity index (χ4v) is 3.36. The third-order valence-electron chi connectivity index (χ3n) is 5.14. The third-order valence-corrected chi connectivity index (χ3v) is 5.14. The van der Waals surface area contributed by atoms with Gasteiger partial charge in [-0.25, -0.2) is 4.98 Å². The van der Waals surface area contributed by atoms with Crippen molar-refractivity contribution in [3.8, 4) is 11.5 Å². The van der Waals surface area contributed by atoms with E-state index in [1.807, 2.05) is 26.8 Å². The molecular weight excluding hydrogens is 422 g/mol. The smallest absolute Gasteiger partial charge is 0.274 e. The van der Waals surface area contributed by atoms with Gasteiger partial charge in [0.2, 0.25) is 0 Å². The van der Waals surface area contributed by atoms with Gasteiger partial charge in [-0.1, -0.05) is 12.1 Å².